The summed E-state index contributed by atoms with van der Waals surface area (Å²) in [6.07, 6.45) is 1.45. The summed E-state index contributed by atoms with van der Waals surface area (Å²) in [5.41, 5.74) is 2.78. The molecule has 0 atom stereocenters. The van der Waals surface area contributed by atoms with Gasteiger partial charge >= 0.3 is 5.97 Å². The molecule has 140 valence electrons. The van der Waals surface area contributed by atoms with Crippen LogP contribution in [0.4, 0.5) is 11.4 Å². The van der Waals surface area contributed by atoms with E-state index in [0.29, 0.717) is 28.0 Å². The minimum Gasteiger partial charge on any atom is -0.496 e. The second-order valence-electron chi connectivity index (χ2n) is 5.08. The summed E-state index contributed by atoms with van der Waals surface area (Å²) < 4.78 is 10.4. The number of anilines is 1. The fourth-order valence-electron chi connectivity index (χ4n) is 2.41. The van der Waals surface area contributed by atoms with E-state index in [-0.39, 0.29) is 11.4 Å². The van der Waals surface area contributed by atoms with Crippen molar-refractivity contribution < 1.29 is 24.6 Å². The molecule has 0 aliphatic heterocycles. The Morgan fingerprint density at radius 1 is 1.04 bits per heavy atom. The highest BCUT2D eigenvalue weighted by Crippen LogP contribution is 2.43. The van der Waals surface area contributed by atoms with E-state index in [1.807, 2.05) is 0 Å². The molecule has 3 rings (SSSR count). The first-order chi connectivity index (χ1) is 13.1. The maximum atomic E-state index is 10.9. The van der Waals surface area contributed by atoms with Gasteiger partial charge in [-0.1, -0.05) is 6.07 Å². The van der Waals surface area contributed by atoms with Crippen LogP contribution < -0.4 is 15.0 Å². The van der Waals surface area contributed by atoms with Crippen LogP contribution in [-0.4, -0.2) is 35.5 Å². The number of aromatic carboxylic acids is 1. The quantitative estimate of drug-likeness (QED) is 0.455. The maximum absolute atomic E-state index is 10.9. The van der Waals surface area contributed by atoms with Crippen molar-refractivity contribution in [3.63, 3.8) is 0 Å². The predicted octanol–water partition coefficient (Wildman–Crippen LogP) is 3.84. The van der Waals surface area contributed by atoms with Crippen LogP contribution in [0.3, 0.4) is 0 Å². The Kier molecular flexibility index (Phi) is 6.61. The van der Waals surface area contributed by atoms with E-state index in [0.717, 1.165) is 0 Å². The molecule has 0 saturated carbocycles. The number of benzene rings is 2. The highest BCUT2D eigenvalue weighted by Gasteiger charge is 2.15. The van der Waals surface area contributed by atoms with Gasteiger partial charge in [-0.05, 0) is 41.6 Å². The summed E-state index contributed by atoms with van der Waals surface area (Å²) in [5.74, 6) is 0.000880. The first kappa shape index (κ1) is 19.6. The van der Waals surface area contributed by atoms with Gasteiger partial charge in [0.1, 0.15) is 22.9 Å². The van der Waals surface area contributed by atoms with E-state index in [4.69, 9.17) is 19.8 Å². The number of rotatable bonds is 5. The Bertz CT molecular complexity index is 936. The number of nitrogens with one attached hydrogen (secondary N) is 1. The van der Waals surface area contributed by atoms with Gasteiger partial charge < -0.3 is 14.6 Å². The lowest BCUT2D eigenvalue weighted by atomic mass is 10.0. The van der Waals surface area contributed by atoms with Crippen LogP contribution in [0, 0.1) is 4.91 Å². The lowest BCUT2D eigenvalue weighted by Gasteiger charge is -2.13. The van der Waals surface area contributed by atoms with E-state index in [2.05, 4.69) is 15.6 Å². The van der Waals surface area contributed by atoms with Crippen molar-refractivity contribution >= 4 is 28.1 Å². The van der Waals surface area contributed by atoms with Gasteiger partial charge in [0.15, 0.2) is 0 Å². The fraction of sp³-hybridized carbons (Fsp3) is 0.111. The largest absolute Gasteiger partial charge is 0.496 e. The van der Waals surface area contributed by atoms with Crippen molar-refractivity contribution in [1.29, 1.82) is 0 Å². The minimum atomic E-state index is -0.990. The number of carboxylic acid groups (broad SMARTS) is 1. The zero-order valence-corrected chi connectivity index (χ0v) is 14.5. The highest BCUT2D eigenvalue weighted by atomic mass is 16.5. The summed E-state index contributed by atoms with van der Waals surface area (Å²) in [4.78, 5) is 24.6. The van der Waals surface area contributed by atoms with Crippen molar-refractivity contribution in [3.05, 3.63) is 59.3 Å². The van der Waals surface area contributed by atoms with Crippen molar-refractivity contribution in [3.8, 4) is 11.5 Å². The normalized spacial score (nSPS) is 9.74. The molecule has 0 spiro atoms. The third-order valence-electron chi connectivity index (χ3n) is 3.60. The minimum absolute atomic E-state index is 0.0810. The summed E-state index contributed by atoms with van der Waals surface area (Å²) in [5, 5.41) is 21.4. The molecule has 9 heteroatoms. The Morgan fingerprint density at radius 2 is 1.70 bits per heavy atom. The fourth-order valence-corrected chi connectivity index (χ4v) is 2.41. The number of fused-ring (bicyclic) bond motifs is 1. The van der Waals surface area contributed by atoms with E-state index in [1.165, 1.54) is 32.5 Å². The number of hydrogen-bond acceptors (Lipinski definition) is 8. The van der Waals surface area contributed by atoms with E-state index < -0.39 is 5.97 Å². The summed E-state index contributed by atoms with van der Waals surface area (Å²) in [6.45, 7) is 0. The Morgan fingerprint density at radius 3 is 2.15 bits per heavy atom. The molecule has 0 amide bonds. The van der Waals surface area contributed by atoms with Crippen LogP contribution in [0.1, 0.15) is 10.5 Å². The van der Waals surface area contributed by atoms with Crippen LogP contribution >= 0.6 is 0 Å². The molecule has 3 N–H and O–H groups in total. The zero-order chi connectivity index (χ0) is 19.8. The van der Waals surface area contributed by atoms with Gasteiger partial charge in [0.25, 0.3) is 0 Å². The summed E-state index contributed by atoms with van der Waals surface area (Å²) >= 11 is 0. The number of nitrogens with zero attached hydrogens (tertiary/aromatic N) is 2. The summed E-state index contributed by atoms with van der Waals surface area (Å²) in [7, 11) is 3.00. The van der Waals surface area contributed by atoms with Crippen molar-refractivity contribution in [2.24, 2.45) is 5.18 Å². The number of nitroso groups, excluding NO2 is 1. The van der Waals surface area contributed by atoms with Crippen molar-refractivity contribution in [2.75, 3.05) is 19.7 Å². The number of carbonyl (C=O) groups is 1. The average Bonchev–Trinajstić information content (AvgIpc) is 2.73. The van der Waals surface area contributed by atoms with Gasteiger partial charge in [0, 0.05) is 6.20 Å². The second kappa shape index (κ2) is 9.11. The molecule has 0 fully saturated rings. The third kappa shape index (κ3) is 4.28. The van der Waals surface area contributed by atoms with Gasteiger partial charge in [0.05, 0.1) is 30.7 Å². The molecule has 9 nitrogen and oxygen atoms in total. The smallest absolute Gasteiger partial charge is 0.354 e. The number of ether oxygens (including phenoxy) is 2. The van der Waals surface area contributed by atoms with Crippen LogP contribution in [0.5, 0.6) is 11.5 Å². The molecule has 3 aromatic rings. The predicted molar refractivity (Wildman–Crippen MR) is 99.1 cm³/mol. The number of hydrogen-bond donors (Lipinski definition) is 3. The first-order valence-electron chi connectivity index (χ1n) is 7.62. The first-order valence-corrected chi connectivity index (χ1v) is 7.62. The van der Waals surface area contributed by atoms with Crippen LogP contribution in [0.25, 0.3) is 10.8 Å². The lowest BCUT2D eigenvalue weighted by Crippen LogP contribution is -1.97. The average molecular weight is 371 g/mol. The molecule has 0 unspecified atom stereocenters. The standard InChI is InChI=1S/C12H12N2O4.C6H5NO2/c1-17-9-5-6-10(18-2)12-8(14-16)4-3-7(13-15)11(9)12;8-6(9)5-3-1-2-4-7-5/h3-6,13,15H,1-2H3;1-4H,(H,8,9). The molecule has 1 heterocycles. The molecule has 1 aromatic heterocycles. The second-order valence-corrected chi connectivity index (χ2v) is 5.08. The lowest BCUT2D eigenvalue weighted by molar-refractivity contribution is 0.0690. The van der Waals surface area contributed by atoms with E-state index in [1.54, 1.807) is 30.3 Å². The van der Waals surface area contributed by atoms with Gasteiger partial charge in [-0.2, -0.15) is 0 Å². The third-order valence-corrected chi connectivity index (χ3v) is 3.60. The topological polar surface area (TPSA) is 130 Å². The number of pyridine rings is 1. The van der Waals surface area contributed by atoms with E-state index >= 15 is 0 Å². The van der Waals surface area contributed by atoms with Gasteiger partial charge in [-0.3, -0.25) is 10.7 Å². The van der Waals surface area contributed by atoms with E-state index in [9.17, 15) is 9.70 Å². The van der Waals surface area contributed by atoms with Crippen LogP contribution in [0.15, 0.2) is 53.8 Å². The van der Waals surface area contributed by atoms with Gasteiger partial charge in [-0.25, -0.2) is 9.78 Å². The SMILES string of the molecule is COc1ccc(OC)c2c(NO)ccc(N=O)c12.O=C(O)c1ccccn1. The zero-order valence-electron chi connectivity index (χ0n) is 14.5. The van der Waals surface area contributed by atoms with Crippen molar-refractivity contribution in [1.82, 2.24) is 4.98 Å². The van der Waals surface area contributed by atoms with Crippen LogP contribution in [-0.2, 0) is 0 Å². The number of carboxylic acids is 1. The molecule has 0 radical (unpaired) electrons. The molecular formula is C18H17N3O6. The molecule has 0 aliphatic carbocycles. The molecule has 27 heavy (non-hydrogen) atoms. The Hall–Kier alpha value is -3.72. The summed E-state index contributed by atoms with van der Waals surface area (Å²) in [6, 6.07) is 11.2. The molecular weight excluding hydrogens is 354 g/mol. The number of methoxy groups -OCH3 is 2. The monoisotopic (exact) mass is 371 g/mol. The van der Waals surface area contributed by atoms with Crippen molar-refractivity contribution in [2.45, 2.75) is 0 Å². The highest BCUT2D eigenvalue weighted by molar-refractivity contribution is 6.07. The molecule has 2 aromatic carbocycles. The Labute approximate surface area is 154 Å². The molecule has 0 bridgehead atoms. The number of aromatic nitrogens is 1. The van der Waals surface area contributed by atoms with Crippen LogP contribution in [0.2, 0.25) is 0 Å². The Balaban J connectivity index is 0.000000244. The van der Waals surface area contributed by atoms with Gasteiger partial charge in [-0.15, -0.1) is 4.91 Å². The molecule has 0 saturated heterocycles. The van der Waals surface area contributed by atoms with Gasteiger partial charge in [0.2, 0.25) is 0 Å². The molecule has 0 aliphatic rings. The maximum Gasteiger partial charge on any atom is 0.354 e.